The lowest BCUT2D eigenvalue weighted by atomic mass is 10.0. The van der Waals surface area contributed by atoms with Gasteiger partial charge in [0.1, 0.15) is 17.4 Å². The molecule has 0 radical (unpaired) electrons. The van der Waals surface area contributed by atoms with Gasteiger partial charge in [0.2, 0.25) is 12.1 Å². The number of benzene rings is 3. The first-order valence-electron chi connectivity index (χ1n) is 14.3. The monoisotopic (exact) mass is 628 g/mol. The Labute approximate surface area is 252 Å². The minimum absolute atomic E-state index is 0.0688. The zero-order valence-electron chi connectivity index (χ0n) is 23.5. The molecule has 1 amide bonds. The van der Waals surface area contributed by atoms with E-state index >= 15 is 0 Å². The molecular weight excluding hydrogens is 602 g/mol. The summed E-state index contributed by atoms with van der Waals surface area (Å²) in [6.07, 6.45) is -2.31. The number of carbonyl (C=O) groups excluding carboxylic acids is 2. The van der Waals surface area contributed by atoms with Gasteiger partial charge in [0.15, 0.2) is 5.78 Å². The predicted molar refractivity (Wildman–Crippen MR) is 153 cm³/mol. The summed E-state index contributed by atoms with van der Waals surface area (Å²) >= 11 is 0. The molecule has 4 heterocycles. The van der Waals surface area contributed by atoms with Crippen molar-refractivity contribution in [3.05, 3.63) is 83.4 Å². The number of amides is 1. The van der Waals surface area contributed by atoms with Crippen LogP contribution in [0.25, 0.3) is 22.2 Å². The van der Waals surface area contributed by atoms with Gasteiger partial charge in [0.05, 0.1) is 36.4 Å². The summed E-state index contributed by atoms with van der Waals surface area (Å²) in [5, 5.41) is 8.38. The van der Waals surface area contributed by atoms with Crippen molar-refractivity contribution in [2.24, 2.45) is 0 Å². The van der Waals surface area contributed by atoms with Crippen LogP contribution in [-0.4, -0.2) is 53.3 Å². The van der Waals surface area contributed by atoms with Gasteiger partial charge in [-0.3, -0.25) is 14.9 Å². The molecule has 45 heavy (non-hydrogen) atoms. The number of halogens is 6. The number of hydrogen-bond donors (Lipinski definition) is 3. The molecule has 2 saturated heterocycles. The van der Waals surface area contributed by atoms with Crippen LogP contribution >= 0.6 is 0 Å². The molecule has 0 saturated carbocycles. The average Bonchev–Trinajstić information content (AvgIpc) is 3.65. The van der Waals surface area contributed by atoms with E-state index in [2.05, 4.69) is 16.0 Å². The van der Waals surface area contributed by atoms with Gasteiger partial charge >= 0.3 is 0 Å². The number of carbonyl (C=O) groups is 2. The molecule has 13 heteroatoms. The van der Waals surface area contributed by atoms with Crippen LogP contribution in [-0.2, 0) is 16.0 Å². The van der Waals surface area contributed by atoms with Crippen molar-refractivity contribution in [3.63, 3.8) is 0 Å². The van der Waals surface area contributed by atoms with Gasteiger partial charge in [-0.25, -0.2) is 26.3 Å². The zero-order chi connectivity index (χ0) is 31.7. The minimum atomic E-state index is -2.99. The minimum Gasteiger partial charge on any atom is -0.465 e. The van der Waals surface area contributed by atoms with Crippen molar-refractivity contribution in [2.45, 2.75) is 49.4 Å². The van der Waals surface area contributed by atoms with E-state index < -0.39 is 73.6 Å². The highest BCUT2D eigenvalue weighted by molar-refractivity contribution is 5.96. The highest BCUT2D eigenvalue weighted by Crippen LogP contribution is 2.45. The second-order valence-corrected chi connectivity index (χ2v) is 11.8. The van der Waals surface area contributed by atoms with E-state index in [0.29, 0.717) is 27.7 Å². The zero-order valence-corrected chi connectivity index (χ0v) is 23.5. The summed E-state index contributed by atoms with van der Waals surface area (Å²) in [6.45, 7) is -1.15. The Morgan fingerprint density at radius 1 is 0.867 bits per heavy atom. The highest BCUT2D eigenvalue weighted by atomic mass is 19.3. The van der Waals surface area contributed by atoms with Crippen molar-refractivity contribution in [3.8, 4) is 17.0 Å². The Morgan fingerprint density at radius 2 is 1.56 bits per heavy atom. The molecule has 7 rings (SSSR count). The number of ketones is 1. The second-order valence-electron chi connectivity index (χ2n) is 11.8. The van der Waals surface area contributed by atoms with Gasteiger partial charge in [-0.1, -0.05) is 6.07 Å². The fourth-order valence-corrected chi connectivity index (χ4v) is 6.27. The van der Waals surface area contributed by atoms with E-state index in [0.717, 1.165) is 18.2 Å². The van der Waals surface area contributed by atoms with Crippen LogP contribution in [0.2, 0.25) is 0 Å². The van der Waals surface area contributed by atoms with Crippen LogP contribution in [0.15, 0.2) is 60.7 Å². The number of fused-ring (bicyclic) bond motifs is 5. The van der Waals surface area contributed by atoms with Gasteiger partial charge in [0, 0.05) is 53.6 Å². The standard InChI is InChI=1S/C32H26F6N4O3/c33-19-7-18(8-20(34)10-19)30-42-25-4-1-16(6-27(43)23-12-31(35,36)14-39-23)5-17(25)9-26(42)22-3-2-21(11-28(22)45-30)41-29(44)24-13-32(37,38)15-40-24/h1-5,7-11,23-24,30,39-40H,6,12-15H2,(H,41,44)/t23-,24-,30?/m0/s1. The van der Waals surface area contributed by atoms with Crippen LogP contribution in [0.1, 0.15) is 30.2 Å². The lowest BCUT2D eigenvalue weighted by Crippen LogP contribution is -2.35. The third kappa shape index (κ3) is 5.66. The third-order valence-corrected chi connectivity index (χ3v) is 8.37. The number of rotatable bonds is 6. The number of nitrogens with zero attached hydrogens (tertiary/aromatic N) is 1. The van der Waals surface area contributed by atoms with Crippen molar-refractivity contribution in [2.75, 3.05) is 18.4 Å². The molecule has 3 atom stereocenters. The summed E-state index contributed by atoms with van der Waals surface area (Å²) in [4.78, 5) is 25.4. The van der Waals surface area contributed by atoms with Crippen molar-refractivity contribution < 1.29 is 40.7 Å². The lowest BCUT2D eigenvalue weighted by Gasteiger charge is -2.30. The van der Waals surface area contributed by atoms with Gasteiger partial charge in [-0.15, -0.1) is 0 Å². The van der Waals surface area contributed by atoms with Gasteiger partial charge < -0.3 is 19.9 Å². The van der Waals surface area contributed by atoms with Gasteiger partial charge in [0.25, 0.3) is 11.8 Å². The summed E-state index contributed by atoms with van der Waals surface area (Å²) in [5.41, 5.74) is 2.85. The molecular formula is C32H26F6N4O3. The first-order valence-corrected chi connectivity index (χ1v) is 14.3. The number of alkyl halides is 4. The average molecular weight is 629 g/mol. The van der Waals surface area contributed by atoms with E-state index in [1.807, 2.05) is 6.07 Å². The largest absolute Gasteiger partial charge is 0.465 e. The Morgan fingerprint density at radius 3 is 2.22 bits per heavy atom. The maximum atomic E-state index is 14.4. The van der Waals surface area contributed by atoms with E-state index in [1.165, 1.54) is 6.07 Å². The summed E-state index contributed by atoms with van der Waals surface area (Å²) in [6, 6.07) is 12.8. The SMILES string of the molecule is O=C(Cc1ccc2c(c1)cc1n2C(c2cc(F)cc(F)c2)Oc2cc(NC(=O)[C@@H]3CC(F)(F)CN3)ccc2-1)[C@@H]1CC(F)(F)CN1. The molecule has 2 fully saturated rings. The maximum Gasteiger partial charge on any atom is 0.262 e. The molecule has 234 valence electrons. The molecule has 0 aliphatic carbocycles. The molecule has 3 N–H and O–H groups in total. The molecule has 0 bridgehead atoms. The molecule has 3 aromatic carbocycles. The van der Waals surface area contributed by atoms with Gasteiger partial charge in [-0.05, 0) is 48.0 Å². The number of ether oxygens (including phenoxy) is 1. The Balaban J connectivity index is 1.24. The van der Waals surface area contributed by atoms with Crippen LogP contribution < -0.4 is 20.7 Å². The van der Waals surface area contributed by atoms with Crippen molar-refractivity contribution in [1.29, 1.82) is 0 Å². The summed E-state index contributed by atoms with van der Waals surface area (Å²) in [5.74, 6) is -8.28. The number of anilines is 1. The van der Waals surface area contributed by atoms with E-state index in [9.17, 15) is 35.9 Å². The smallest absolute Gasteiger partial charge is 0.262 e. The Hall–Kier alpha value is -4.36. The molecule has 3 aliphatic heterocycles. The third-order valence-electron chi connectivity index (χ3n) is 8.37. The summed E-state index contributed by atoms with van der Waals surface area (Å²) < 4.78 is 91.3. The quantitative estimate of drug-likeness (QED) is 0.243. The highest BCUT2D eigenvalue weighted by Gasteiger charge is 2.43. The van der Waals surface area contributed by atoms with E-state index in [-0.39, 0.29) is 29.2 Å². The van der Waals surface area contributed by atoms with Crippen LogP contribution in [0.3, 0.4) is 0 Å². The van der Waals surface area contributed by atoms with Crippen molar-refractivity contribution >= 4 is 28.3 Å². The molecule has 7 nitrogen and oxygen atoms in total. The Bertz CT molecular complexity index is 1840. The van der Waals surface area contributed by atoms with E-state index in [4.69, 9.17) is 4.74 Å². The second kappa shape index (κ2) is 10.6. The molecule has 4 aromatic rings. The number of nitrogens with one attached hydrogen (secondary N) is 3. The normalized spacial score (nSPS) is 22.9. The number of aromatic nitrogens is 1. The van der Waals surface area contributed by atoms with Crippen LogP contribution in [0.4, 0.5) is 32.0 Å². The maximum absolute atomic E-state index is 14.4. The molecule has 3 aliphatic rings. The number of Topliss-reactive ketones (excluding diaryl/α,β-unsaturated/α-hetero) is 1. The van der Waals surface area contributed by atoms with Crippen LogP contribution in [0.5, 0.6) is 5.75 Å². The number of hydrogen-bond acceptors (Lipinski definition) is 5. The first-order chi connectivity index (χ1) is 21.3. The Kier molecular flexibility index (Phi) is 6.93. The molecule has 1 unspecified atom stereocenters. The predicted octanol–water partition coefficient (Wildman–Crippen LogP) is 5.57. The lowest BCUT2D eigenvalue weighted by molar-refractivity contribution is -0.120. The molecule has 1 aromatic heterocycles. The van der Waals surface area contributed by atoms with Gasteiger partial charge in [-0.2, -0.15) is 0 Å². The van der Waals surface area contributed by atoms with Crippen LogP contribution in [0, 0.1) is 11.6 Å². The first kappa shape index (κ1) is 29.4. The molecule has 0 spiro atoms. The van der Waals surface area contributed by atoms with Crippen molar-refractivity contribution in [1.82, 2.24) is 15.2 Å². The topological polar surface area (TPSA) is 84.4 Å². The fourth-order valence-electron chi connectivity index (χ4n) is 6.27. The van der Waals surface area contributed by atoms with E-state index in [1.54, 1.807) is 34.9 Å². The fraction of sp³-hybridized carbons (Fsp3) is 0.312. The summed E-state index contributed by atoms with van der Waals surface area (Å²) in [7, 11) is 0.